The highest BCUT2D eigenvalue weighted by Crippen LogP contribution is 2.24. The van der Waals surface area contributed by atoms with Crippen molar-refractivity contribution in [2.45, 2.75) is 26.6 Å². The van der Waals surface area contributed by atoms with Gasteiger partial charge < -0.3 is 10.1 Å². The van der Waals surface area contributed by atoms with E-state index in [0.29, 0.717) is 6.61 Å². The number of hydrogen-bond donors (Lipinski definition) is 1. The Morgan fingerprint density at radius 3 is 2.94 bits per heavy atom. The molecule has 2 rings (SSSR count). The van der Waals surface area contributed by atoms with E-state index in [1.54, 1.807) is 11.3 Å². The third kappa shape index (κ3) is 2.31. The van der Waals surface area contributed by atoms with Crippen molar-refractivity contribution in [2.24, 2.45) is 0 Å². The highest BCUT2D eigenvalue weighted by molar-refractivity contribution is 7.16. The fourth-order valence-corrected chi connectivity index (χ4v) is 2.18. The molecule has 1 N–H and O–H groups in total. The molecule has 0 atom stereocenters. The lowest BCUT2D eigenvalue weighted by Crippen LogP contribution is -2.06. The van der Waals surface area contributed by atoms with Gasteiger partial charge in [-0.15, -0.1) is 11.3 Å². The molecular formula is C11H15N3OS. The monoisotopic (exact) mass is 237 g/mol. The average molecular weight is 237 g/mol. The van der Waals surface area contributed by atoms with Crippen molar-refractivity contribution in [3.8, 4) is 0 Å². The molecule has 0 saturated heterocycles. The van der Waals surface area contributed by atoms with Gasteiger partial charge in [0, 0.05) is 7.05 Å². The van der Waals surface area contributed by atoms with Crippen LogP contribution in [0.3, 0.4) is 0 Å². The Labute approximate surface area is 98.7 Å². The zero-order chi connectivity index (χ0) is 11.5. The molecule has 0 bridgehead atoms. The first-order chi connectivity index (χ1) is 7.70. The van der Waals surface area contributed by atoms with Crippen molar-refractivity contribution in [1.82, 2.24) is 9.97 Å². The zero-order valence-electron chi connectivity index (χ0n) is 9.65. The van der Waals surface area contributed by atoms with Crippen LogP contribution < -0.4 is 5.32 Å². The Balaban J connectivity index is 2.32. The maximum absolute atomic E-state index is 5.50. The molecular weight excluding hydrogens is 222 g/mol. The minimum atomic E-state index is 0.195. The van der Waals surface area contributed by atoms with Gasteiger partial charge in [-0.2, -0.15) is 0 Å². The Morgan fingerprint density at radius 1 is 1.44 bits per heavy atom. The number of thiophene rings is 1. The van der Waals surface area contributed by atoms with Gasteiger partial charge in [0.1, 0.15) is 17.3 Å². The molecule has 0 fully saturated rings. The average Bonchev–Trinajstić information content (AvgIpc) is 2.73. The SMILES string of the molecule is CNc1nc(COC(C)C)nc2sccc12. The smallest absolute Gasteiger partial charge is 0.158 e. The molecule has 0 aliphatic rings. The summed E-state index contributed by atoms with van der Waals surface area (Å²) in [6, 6.07) is 2.03. The maximum atomic E-state index is 5.50. The Bertz CT molecular complexity index is 481. The molecule has 0 amide bonds. The molecule has 0 radical (unpaired) electrons. The predicted octanol–water partition coefficient (Wildman–Crippen LogP) is 2.66. The molecule has 0 unspecified atom stereocenters. The van der Waals surface area contributed by atoms with Crippen molar-refractivity contribution in [3.63, 3.8) is 0 Å². The van der Waals surface area contributed by atoms with Crippen LogP contribution in [0.1, 0.15) is 19.7 Å². The van der Waals surface area contributed by atoms with E-state index in [2.05, 4.69) is 15.3 Å². The lowest BCUT2D eigenvalue weighted by atomic mass is 10.4. The van der Waals surface area contributed by atoms with Crippen LogP contribution in [0.5, 0.6) is 0 Å². The number of hydrogen-bond acceptors (Lipinski definition) is 5. The second-order valence-electron chi connectivity index (χ2n) is 3.74. The fraction of sp³-hybridized carbons (Fsp3) is 0.455. The van der Waals surface area contributed by atoms with E-state index in [1.807, 2.05) is 32.3 Å². The summed E-state index contributed by atoms with van der Waals surface area (Å²) in [7, 11) is 1.87. The van der Waals surface area contributed by atoms with Crippen molar-refractivity contribution in [3.05, 3.63) is 17.3 Å². The first-order valence-electron chi connectivity index (χ1n) is 5.24. The van der Waals surface area contributed by atoms with Crippen LogP contribution in [0.2, 0.25) is 0 Å². The first kappa shape index (κ1) is 11.3. The summed E-state index contributed by atoms with van der Waals surface area (Å²) in [4.78, 5) is 9.88. The minimum absolute atomic E-state index is 0.195. The Hall–Kier alpha value is -1.20. The Morgan fingerprint density at radius 2 is 2.25 bits per heavy atom. The molecule has 2 aromatic heterocycles. The third-order valence-corrected chi connectivity index (χ3v) is 2.96. The van der Waals surface area contributed by atoms with E-state index in [9.17, 15) is 0 Å². The van der Waals surface area contributed by atoms with Crippen LogP contribution in [0.25, 0.3) is 10.2 Å². The van der Waals surface area contributed by atoms with Crippen LogP contribution >= 0.6 is 11.3 Å². The molecule has 16 heavy (non-hydrogen) atoms. The van der Waals surface area contributed by atoms with Crippen LogP contribution in [-0.2, 0) is 11.3 Å². The summed E-state index contributed by atoms with van der Waals surface area (Å²) < 4.78 is 5.50. The number of nitrogens with zero attached hydrogens (tertiary/aromatic N) is 2. The summed E-state index contributed by atoms with van der Waals surface area (Å²) in [5.41, 5.74) is 0. The number of fused-ring (bicyclic) bond motifs is 1. The van der Waals surface area contributed by atoms with Gasteiger partial charge in [-0.3, -0.25) is 0 Å². The lowest BCUT2D eigenvalue weighted by Gasteiger charge is -2.08. The number of aromatic nitrogens is 2. The summed E-state index contributed by atoms with van der Waals surface area (Å²) in [6.45, 7) is 4.46. The molecule has 0 aliphatic carbocycles. The number of ether oxygens (including phenoxy) is 1. The van der Waals surface area contributed by atoms with Crippen LogP contribution in [0.15, 0.2) is 11.4 Å². The van der Waals surface area contributed by atoms with Gasteiger partial charge in [-0.25, -0.2) is 9.97 Å². The van der Waals surface area contributed by atoms with Crippen LogP contribution in [-0.4, -0.2) is 23.1 Å². The summed E-state index contributed by atoms with van der Waals surface area (Å²) in [5.74, 6) is 1.60. The van der Waals surface area contributed by atoms with Gasteiger partial charge in [0.15, 0.2) is 5.82 Å². The molecule has 0 aromatic carbocycles. The minimum Gasteiger partial charge on any atom is -0.372 e. The summed E-state index contributed by atoms with van der Waals surface area (Å²) in [5, 5.41) is 6.18. The molecule has 0 spiro atoms. The summed E-state index contributed by atoms with van der Waals surface area (Å²) >= 11 is 1.62. The zero-order valence-corrected chi connectivity index (χ0v) is 10.5. The fourth-order valence-electron chi connectivity index (χ4n) is 1.40. The third-order valence-electron chi connectivity index (χ3n) is 2.15. The van der Waals surface area contributed by atoms with Gasteiger partial charge >= 0.3 is 0 Å². The summed E-state index contributed by atoms with van der Waals surface area (Å²) in [6.07, 6.45) is 0.195. The normalized spacial score (nSPS) is 11.2. The van der Waals surface area contributed by atoms with E-state index in [0.717, 1.165) is 21.9 Å². The maximum Gasteiger partial charge on any atom is 0.158 e. The van der Waals surface area contributed by atoms with E-state index >= 15 is 0 Å². The highest BCUT2D eigenvalue weighted by Gasteiger charge is 2.08. The van der Waals surface area contributed by atoms with Gasteiger partial charge in [0.05, 0.1) is 11.5 Å². The van der Waals surface area contributed by atoms with Crippen molar-refractivity contribution in [2.75, 3.05) is 12.4 Å². The van der Waals surface area contributed by atoms with Gasteiger partial charge in [-0.05, 0) is 25.3 Å². The second kappa shape index (κ2) is 4.76. The van der Waals surface area contributed by atoms with Gasteiger partial charge in [0.2, 0.25) is 0 Å². The standard InChI is InChI=1S/C11H15N3OS/c1-7(2)15-6-9-13-10(12-3)8-4-5-16-11(8)14-9/h4-5,7H,6H2,1-3H3,(H,12,13,14). The Kier molecular flexibility index (Phi) is 3.36. The topological polar surface area (TPSA) is 47.0 Å². The molecule has 0 saturated carbocycles. The number of anilines is 1. The number of rotatable bonds is 4. The largest absolute Gasteiger partial charge is 0.372 e. The number of nitrogens with one attached hydrogen (secondary N) is 1. The molecule has 4 nitrogen and oxygen atoms in total. The van der Waals surface area contributed by atoms with Crippen molar-refractivity contribution >= 4 is 27.4 Å². The highest BCUT2D eigenvalue weighted by atomic mass is 32.1. The predicted molar refractivity (Wildman–Crippen MR) is 66.9 cm³/mol. The van der Waals surface area contributed by atoms with Gasteiger partial charge in [-0.1, -0.05) is 0 Å². The molecule has 5 heteroatoms. The van der Waals surface area contributed by atoms with Crippen LogP contribution in [0, 0.1) is 0 Å². The molecule has 86 valence electrons. The van der Waals surface area contributed by atoms with Crippen molar-refractivity contribution < 1.29 is 4.74 Å². The van der Waals surface area contributed by atoms with E-state index in [1.165, 1.54) is 0 Å². The van der Waals surface area contributed by atoms with Crippen molar-refractivity contribution in [1.29, 1.82) is 0 Å². The second-order valence-corrected chi connectivity index (χ2v) is 4.63. The van der Waals surface area contributed by atoms with E-state index in [-0.39, 0.29) is 6.10 Å². The molecule has 2 aromatic rings. The van der Waals surface area contributed by atoms with E-state index in [4.69, 9.17) is 4.74 Å². The molecule has 2 heterocycles. The van der Waals surface area contributed by atoms with E-state index < -0.39 is 0 Å². The van der Waals surface area contributed by atoms with Gasteiger partial charge in [0.25, 0.3) is 0 Å². The quantitative estimate of drug-likeness (QED) is 0.888. The lowest BCUT2D eigenvalue weighted by molar-refractivity contribution is 0.0615. The van der Waals surface area contributed by atoms with Crippen LogP contribution in [0.4, 0.5) is 5.82 Å². The first-order valence-corrected chi connectivity index (χ1v) is 6.12. The molecule has 0 aliphatic heterocycles.